The summed E-state index contributed by atoms with van der Waals surface area (Å²) in [6.07, 6.45) is 1.59. The number of hydrogen-bond acceptors (Lipinski definition) is 8. The van der Waals surface area contributed by atoms with Crippen molar-refractivity contribution in [2.24, 2.45) is 0 Å². The Morgan fingerprint density at radius 1 is 1.17 bits per heavy atom. The zero-order valence-corrected chi connectivity index (χ0v) is 17.5. The standard InChI is InChI=1S/C21H23N7OS/c1-15-7-8-18(30-15)13-27-9-10-29-17(11-27)12-28-21-19(25-26-28)20(22-14-23-21)24-16-5-3-2-4-6-16/h2-8,14,17H,9-13H2,1H3,(H,22,23,24)/t17-/m1/s1. The first kappa shape index (κ1) is 19.1. The molecule has 5 rings (SSSR count). The molecule has 4 aromatic rings. The first-order chi connectivity index (χ1) is 14.7. The van der Waals surface area contributed by atoms with Gasteiger partial charge >= 0.3 is 0 Å². The number of morpholine rings is 1. The van der Waals surface area contributed by atoms with Gasteiger partial charge in [-0.05, 0) is 31.2 Å². The highest BCUT2D eigenvalue weighted by atomic mass is 32.1. The van der Waals surface area contributed by atoms with Crippen LogP contribution in [0.25, 0.3) is 11.2 Å². The largest absolute Gasteiger partial charge is 0.374 e. The number of para-hydroxylation sites is 1. The molecule has 3 aromatic heterocycles. The minimum atomic E-state index is 0.0465. The Bertz CT molecular complexity index is 1130. The van der Waals surface area contributed by atoms with Crippen LogP contribution < -0.4 is 5.32 Å². The molecule has 0 radical (unpaired) electrons. The van der Waals surface area contributed by atoms with E-state index in [1.54, 1.807) is 6.33 Å². The van der Waals surface area contributed by atoms with Crippen molar-refractivity contribution in [3.05, 3.63) is 58.5 Å². The average Bonchev–Trinajstić information content (AvgIpc) is 3.36. The minimum Gasteiger partial charge on any atom is -0.374 e. The molecule has 0 spiro atoms. The molecular formula is C21H23N7OS. The highest BCUT2D eigenvalue weighted by Gasteiger charge is 2.23. The number of rotatable bonds is 6. The van der Waals surface area contributed by atoms with Crippen molar-refractivity contribution < 1.29 is 4.74 Å². The van der Waals surface area contributed by atoms with Gasteiger partial charge in [0.05, 0.1) is 19.3 Å². The Kier molecular flexibility index (Phi) is 5.39. The van der Waals surface area contributed by atoms with E-state index in [-0.39, 0.29) is 6.10 Å². The van der Waals surface area contributed by atoms with Crippen LogP contribution in [0, 0.1) is 6.92 Å². The third kappa shape index (κ3) is 4.18. The molecule has 4 heterocycles. The maximum atomic E-state index is 6.01. The van der Waals surface area contributed by atoms with Crippen molar-refractivity contribution in [3.8, 4) is 0 Å². The lowest BCUT2D eigenvalue weighted by Crippen LogP contribution is -2.43. The molecule has 1 aromatic carbocycles. The molecule has 0 bridgehead atoms. The van der Waals surface area contributed by atoms with E-state index in [0.717, 1.165) is 31.9 Å². The lowest BCUT2D eigenvalue weighted by molar-refractivity contribution is -0.0396. The lowest BCUT2D eigenvalue weighted by atomic mass is 10.2. The Morgan fingerprint density at radius 2 is 2.07 bits per heavy atom. The summed E-state index contributed by atoms with van der Waals surface area (Å²) in [4.78, 5) is 13.9. The number of fused-ring (bicyclic) bond motifs is 1. The van der Waals surface area contributed by atoms with Crippen LogP contribution in [-0.2, 0) is 17.8 Å². The van der Waals surface area contributed by atoms with Crippen LogP contribution >= 0.6 is 11.3 Å². The maximum absolute atomic E-state index is 6.01. The van der Waals surface area contributed by atoms with Gasteiger partial charge in [0.2, 0.25) is 0 Å². The smallest absolute Gasteiger partial charge is 0.183 e. The van der Waals surface area contributed by atoms with Crippen LogP contribution in [0.4, 0.5) is 11.5 Å². The van der Waals surface area contributed by atoms with Crippen LogP contribution in [0.5, 0.6) is 0 Å². The summed E-state index contributed by atoms with van der Waals surface area (Å²) >= 11 is 1.86. The van der Waals surface area contributed by atoms with E-state index >= 15 is 0 Å². The van der Waals surface area contributed by atoms with Gasteiger partial charge in [0.15, 0.2) is 17.0 Å². The summed E-state index contributed by atoms with van der Waals surface area (Å²) in [5.41, 5.74) is 2.31. The van der Waals surface area contributed by atoms with Gasteiger partial charge in [-0.3, -0.25) is 4.90 Å². The molecule has 0 saturated carbocycles. The van der Waals surface area contributed by atoms with Crippen molar-refractivity contribution >= 4 is 34.0 Å². The van der Waals surface area contributed by atoms with Gasteiger partial charge in [-0.1, -0.05) is 23.4 Å². The van der Waals surface area contributed by atoms with E-state index < -0.39 is 0 Å². The monoisotopic (exact) mass is 421 g/mol. The normalized spacial score (nSPS) is 17.4. The quantitative estimate of drug-likeness (QED) is 0.512. The molecule has 1 aliphatic rings. The van der Waals surface area contributed by atoms with E-state index in [1.165, 1.54) is 9.75 Å². The fourth-order valence-corrected chi connectivity index (χ4v) is 4.61. The van der Waals surface area contributed by atoms with Gasteiger partial charge in [0.25, 0.3) is 0 Å². The average molecular weight is 422 g/mol. The third-order valence-electron chi connectivity index (χ3n) is 5.11. The van der Waals surface area contributed by atoms with Crippen molar-refractivity contribution in [2.75, 3.05) is 25.0 Å². The molecule has 1 N–H and O–H groups in total. The van der Waals surface area contributed by atoms with Crippen LogP contribution in [0.15, 0.2) is 48.8 Å². The fourth-order valence-electron chi connectivity index (χ4n) is 3.68. The number of thiophene rings is 1. The first-order valence-electron chi connectivity index (χ1n) is 10.00. The van der Waals surface area contributed by atoms with Gasteiger partial charge < -0.3 is 10.1 Å². The predicted molar refractivity (Wildman–Crippen MR) is 117 cm³/mol. The van der Waals surface area contributed by atoms with Gasteiger partial charge in [-0.15, -0.1) is 16.4 Å². The molecule has 0 amide bonds. The zero-order chi connectivity index (χ0) is 20.3. The molecular weight excluding hydrogens is 398 g/mol. The fraction of sp³-hybridized carbons (Fsp3) is 0.333. The summed E-state index contributed by atoms with van der Waals surface area (Å²) < 4.78 is 7.83. The second-order valence-corrected chi connectivity index (χ2v) is 8.77. The summed E-state index contributed by atoms with van der Waals surface area (Å²) in [7, 11) is 0. The molecule has 0 unspecified atom stereocenters. The highest BCUT2D eigenvalue weighted by Crippen LogP contribution is 2.22. The Morgan fingerprint density at radius 3 is 2.90 bits per heavy atom. The number of anilines is 2. The van der Waals surface area contributed by atoms with Gasteiger partial charge in [-0.2, -0.15) is 0 Å². The van der Waals surface area contributed by atoms with E-state index in [4.69, 9.17) is 4.74 Å². The predicted octanol–water partition coefficient (Wildman–Crippen LogP) is 3.24. The van der Waals surface area contributed by atoms with E-state index in [9.17, 15) is 0 Å². The van der Waals surface area contributed by atoms with E-state index in [1.807, 2.05) is 46.4 Å². The molecule has 1 saturated heterocycles. The van der Waals surface area contributed by atoms with Crippen molar-refractivity contribution in [1.29, 1.82) is 0 Å². The number of nitrogens with one attached hydrogen (secondary N) is 1. The van der Waals surface area contributed by atoms with Crippen LogP contribution in [0.3, 0.4) is 0 Å². The van der Waals surface area contributed by atoms with Crippen molar-refractivity contribution in [3.63, 3.8) is 0 Å². The first-order valence-corrected chi connectivity index (χ1v) is 10.8. The number of aryl methyl sites for hydroxylation is 1. The zero-order valence-electron chi connectivity index (χ0n) is 16.7. The summed E-state index contributed by atoms with van der Waals surface area (Å²) in [5.74, 6) is 0.650. The SMILES string of the molecule is Cc1ccc(CN2CCO[C@@H](Cn3nnc4c(Nc5ccccc5)ncnc43)C2)s1. The Hall–Kier alpha value is -2.88. The third-order valence-corrected chi connectivity index (χ3v) is 6.10. The van der Waals surface area contributed by atoms with Crippen LogP contribution in [0.1, 0.15) is 9.75 Å². The van der Waals surface area contributed by atoms with Gasteiger partial charge in [0.1, 0.15) is 6.33 Å². The maximum Gasteiger partial charge on any atom is 0.183 e. The topological polar surface area (TPSA) is 81.0 Å². The van der Waals surface area contributed by atoms with E-state index in [2.05, 4.69) is 49.6 Å². The van der Waals surface area contributed by atoms with Crippen LogP contribution in [-0.4, -0.2) is 55.7 Å². The van der Waals surface area contributed by atoms with Gasteiger partial charge in [0, 0.05) is 35.1 Å². The molecule has 1 fully saturated rings. The lowest BCUT2D eigenvalue weighted by Gasteiger charge is -2.32. The molecule has 30 heavy (non-hydrogen) atoms. The van der Waals surface area contributed by atoms with Crippen molar-refractivity contribution in [1.82, 2.24) is 29.9 Å². The molecule has 1 atom stereocenters. The summed E-state index contributed by atoms with van der Waals surface area (Å²) in [5, 5.41) is 12.0. The molecule has 154 valence electrons. The molecule has 0 aliphatic carbocycles. The van der Waals surface area contributed by atoms with E-state index in [0.29, 0.717) is 23.5 Å². The second-order valence-electron chi connectivity index (χ2n) is 7.40. The van der Waals surface area contributed by atoms with Crippen molar-refractivity contribution in [2.45, 2.75) is 26.1 Å². The van der Waals surface area contributed by atoms with Crippen LogP contribution in [0.2, 0.25) is 0 Å². The summed E-state index contributed by atoms with van der Waals surface area (Å²) in [6, 6.07) is 14.3. The summed E-state index contributed by atoms with van der Waals surface area (Å²) in [6.45, 7) is 6.24. The number of benzene rings is 1. The number of ether oxygens (including phenoxy) is 1. The number of nitrogens with zero attached hydrogens (tertiary/aromatic N) is 6. The minimum absolute atomic E-state index is 0.0465. The Balaban J connectivity index is 1.30. The highest BCUT2D eigenvalue weighted by molar-refractivity contribution is 7.11. The Labute approximate surface area is 178 Å². The molecule has 1 aliphatic heterocycles. The number of hydrogen-bond donors (Lipinski definition) is 1. The van der Waals surface area contributed by atoms with Gasteiger partial charge in [-0.25, -0.2) is 14.6 Å². The molecule has 9 heteroatoms. The number of aromatic nitrogens is 5. The second kappa shape index (κ2) is 8.47. The molecule has 8 nitrogen and oxygen atoms in total.